The van der Waals surface area contributed by atoms with Gasteiger partial charge in [0.2, 0.25) is 11.8 Å². The number of ether oxygens (including phenoxy) is 1. The second kappa shape index (κ2) is 11.0. The van der Waals surface area contributed by atoms with Crippen LogP contribution in [0.2, 0.25) is 0 Å². The zero-order chi connectivity index (χ0) is 23.8. The van der Waals surface area contributed by atoms with Crippen LogP contribution >= 0.6 is 0 Å². The summed E-state index contributed by atoms with van der Waals surface area (Å²) in [7, 11) is 0. The van der Waals surface area contributed by atoms with Crippen LogP contribution in [-0.2, 0) is 27.4 Å². The average molecular weight is 451 g/mol. The number of aliphatic hydroxyl groups excluding tert-OH is 1. The summed E-state index contributed by atoms with van der Waals surface area (Å²) in [6, 6.07) is 13.7. The average Bonchev–Trinajstić information content (AvgIpc) is 2.81. The Bertz CT molecular complexity index is 1120. The van der Waals surface area contributed by atoms with Crippen molar-refractivity contribution in [2.75, 3.05) is 0 Å². The maximum Gasteiger partial charge on any atom is 0.408 e. The first kappa shape index (κ1) is 23.6. The summed E-state index contributed by atoms with van der Waals surface area (Å²) in [6.07, 6.45) is -0.668. The molecule has 0 saturated heterocycles. The third kappa shape index (κ3) is 6.71. The van der Waals surface area contributed by atoms with E-state index in [9.17, 15) is 19.5 Å². The number of nitrogens with two attached hydrogens (primary N) is 1. The van der Waals surface area contributed by atoms with Crippen LogP contribution in [0.5, 0.6) is 0 Å². The Morgan fingerprint density at radius 3 is 2.36 bits per heavy atom. The lowest BCUT2D eigenvalue weighted by Crippen LogP contribution is -2.57. The van der Waals surface area contributed by atoms with E-state index >= 15 is 0 Å². The van der Waals surface area contributed by atoms with E-state index in [2.05, 4.69) is 20.6 Å². The van der Waals surface area contributed by atoms with Gasteiger partial charge in [-0.3, -0.25) is 14.6 Å². The van der Waals surface area contributed by atoms with Gasteiger partial charge in [-0.05, 0) is 24.6 Å². The van der Waals surface area contributed by atoms with Crippen LogP contribution in [-0.4, -0.2) is 51.2 Å². The van der Waals surface area contributed by atoms with Gasteiger partial charge >= 0.3 is 6.09 Å². The predicted octanol–water partition coefficient (Wildman–Crippen LogP) is 0.818. The molecule has 10 heteroatoms. The van der Waals surface area contributed by atoms with Gasteiger partial charge in [-0.25, -0.2) is 9.78 Å². The fraction of sp³-hybridized carbons (Fsp3) is 0.261. The smallest absolute Gasteiger partial charge is 0.408 e. The topological polar surface area (TPSA) is 157 Å². The van der Waals surface area contributed by atoms with E-state index in [1.54, 1.807) is 36.4 Å². The minimum Gasteiger partial charge on any atom is -0.445 e. The molecular weight excluding hydrogens is 426 g/mol. The van der Waals surface area contributed by atoms with Gasteiger partial charge in [0, 0.05) is 12.6 Å². The van der Waals surface area contributed by atoms with Gasteiger partial charge in [0.05, 0.1) is 22.8 Å². The molecule has 10 nitrogen and oxygen atoms in total. The molecule has 1 aromatic heterocycles. The van der Waals surface area contributed by atoms with E-state index in [4.69, 9.17) is 10.5 Å². The largest absolute Gasteiger partial charge is 0.445 e. The Kier molecular flexibility index (Phi) is 7.87. The Morgan fingerprint density at radius 1 is 1.03 bits per heavy atom. The molecule has 0 saturated carbocycles. The summed E-state index contributed by atoms with van der Waals surface area (Å²) < 4.78 is 5.10. The minimum absolute atomic E-state index is 0.00857. The number of fused-ring (bicyclic) bond motifs is 1. The van der Waals surface area contributed by atoms with Gasteiger partial charge in [-0.15, -0.1) is 0 Å². The summed E-state index contributed by atoms with van der Waals surface area (Å²) in [4.78, 5) is 45.5. The number of alkyl carbamates (subject to hydrolysis) is 1. The third-order valence-corrected chi connectivity index (χ3v) is 4.82. The molecule has 5 N–H and O–H groups in total. The summed E-state index contributed by atoms with van der Waals surface area (Å²) in [5.41, 5.74) is 7.99. The lowest BCUT2D eigenvalue weighted by atomic mass is 10.1. The highest BCUT2D eigenvalue weighted by Crippen LogP contribution is 2.10. The van der Waals surface area contributed by atoms with Crippen LogP contribution in [0.4, 0.5) is 4.79 Å². The Hall–Kier alpha value is -4.05. The van der Waals surface area contributed by atoms with E-state index in [0.717, 1.165) is 5.56 Å². The standard InChI is InChI=1S/C23H25N5O5/c1-14(29)20(28-23(32)33-13-15-7-3-2-4-8-15)22(31)27-19(21(24)30)11-16-12-25-17-9-5-6-10-18(17)26-16/h2-10,12,14,19-20,29H,11,13H2,1H3,(H2,24,30)(H,27,31)(H,28,32)/t14-,19+,20+/m1/s1. The number of carbonyl (C=O) groups is 3. The highest BCUT2D eigenvalue weighted by Gasteiger charge is 2.30. The molecular formula is C23H25N5O5. The van der Waals surface area contributed by atoms with Crippen LogP contribution in [0.15, 0.2) is 60.8 Å². The van der Waals surface area contributed by atoms with Gasteiger partial charge in [0.1, 0.15) is 18.7 Å². The number of carbonyl (C=O) groups excluding carboxylic acids is 3. The zero-order valence-electron chi connectivity index (χ0n) is 18.0. The number of para-hydroxylation sites is 2. The first-order chi connectivity index (χ1) is 15.8. The number of primary amides is 1. The van der Waals surface area contributed by atoms with Gasteiger partial charge in [0.25, 0.3) is 0 Å². The van der Waals surface area contributed by atoms with E-state index in [0.29, 0.717) is 16.7 Å². The third-order valence-electron chi connectivity index (χ3n) is 4.82. The Labute approximate surface area is 190 Å². The number of aromatic nitrogens is 2. The molecule has 0 aliphatic carbocycles. The second-order valence-corrected chi connectivity index (χ2v) is 7.44. The molecule has 0 radical (unpaired) electrons. The highest BCUT2D eigenvalue weighted by molar-refractivity contribution is 5.91. The van der Waals surface area contributed by atoms with Crippen molar-refractivity contribution in [3.05, 3.63) is 72.1 Å². The predicted molar refractivity (Wildman–Crippen MR) is 120 cm³/mol. The number of aliphatic hydroxyl groups is 1. The zero-order valence-corrected chi connectivity index (χ0v) is 18.0. The molecule has 2 aromatic carbocycles. The summed E-state index contributed by atoms with van der Waals surface area (Å²) in [5.74, 6) is -1.59. The van der Waals surface area contributed by atoms with Crippen molar-refractivity contribution in [3.8, 4) is 0 Å². The molecule has 3 aromatic rings. The minimum atomic E-state index is -1.36. The molecule has 0 aliphatic rings. The van der Waals surface area contributed by atoms with Crippen molar-refractivity contribution >= 4 is 28.9 Å². The lowest BCUT2D eigenvalue weighted by Gasteiger charge is -2.23. The number of hydrogen-bond donors (Lipinski definition) is 4. The second-order valence-electron chi connectivity index (χ2n) is 7.44. The number of hydrogen-bond acceptors (Lipinski definition) is 7. The van der Waals surface area contributed by atoms with Crippen molar-refractivity contribution in [1.29, 1.82) is 0 Å². The van der Waals surface area contributed by atoms with Crippen LogP contribution in [0.25, 0.3) is 11.0 Å². The normalized spacial score (nSPS) is 13.5. The van der Waals surface area contributed by atoms with Crippen molar-refractivity contribution in [2.45, 2.75) is 38.1 Å². The SMILES string of the molecule is C[C@@H](O)[C@H](NC(=O)OCc1ccccc1)C(=O)N[C@@H](Cc1cnc2ccccc2n1)C(N)=O. The Balaban J connectivity index is 1.63. The number of nitrogens with zero attached hydrogens (tertiary/aromatic N) is 2. The maximum absolute atomic E-state index is 12.7. The highest BCUT2D eigenvalue weighted by atomic mass is 16.5. The molecule has 3 atom stereocenters. The maximum atomic E-state index is 12.7. The fourth-order valence-corrected chi connectivity index (χ4v) is 3.08. The first-order valence-electron chi connectivity index (χ1n) is 10.3. The monoisotopic (exact) mass is 451 g/mol. The molecule has 33 heavy (non-hydrogen) atoms. The molecule has 172 valence electrons. The number of benzene rings is 2. The van der Waals surface area contributed by atoms with Crippen LogP contribution in [0.3, 0.4) is 0 Å². The van der Waals surface area contributed by atoms with Crippen molar-refractivity contribution in [3.63, 3.8) is 0 Å². The molecule has 0 unspecified atom stereocenters. The fourth-order valence-electron chi connectivity index (χ4n) is 3.08. The first-order valence-corrected chi connectivity index (χ1v) is 10.3. The summed E-state index contributed by atoms with van der Waals surface area (Å²) >= 11 is 0. The van der Waals surface area contributed by atoms with Gasteiger partial charge in [-0.1, -0.05) is 42.5 Å². The molecule has 0 aliphatic heterocycles. The molecule has 3 rings (SSSR count). The number of amides is 3. The molecule has 0 spiro atoms. The Morgan fingerprint density at radius 2 is 1.70 bits per heavy atom. The van der Waals surface area contributed by atoms with Gasteiger partial charge in [0.15, 0.2) is 0 Å². The van der Waals surface area contributed by atoms with Crippen LogP contribution in [0.1, 0.15) is 18.2 Å². The molecule has 0 bridgehead atoms. The lowest BCUT2D eigenvalue weighted by molar-refractivity contribution is -0.130. The van der Waals surface area contributed by atoms with Gasteiger partial charge < -0.3 is 26.2 Å². The van der Waals surface area contributed by atoms with Crippen molar-refractivity contribution < 1.29 is 24.2 Å². The molecule has 1 heterocycles. The number of nitrogens with one attached hydrogen (secondary N) is 2. The van der Waals surface area contributed by atoms with E-state index in [-0.39, 0.29) is 13.0 Å². The summed E-state index contributed by atoms with van der Waals surface area (Å²) in [6.45, 7) is 1.32. The van der Waals surface area contributed by atoms with E-state index < -0.39 is 36.1 Å². The van der Waals surface area contributed by atoms with Crippen molar-refractivity contribution in [2.24, 2.45) is 5.73 Å². The van der Waals surface area contributed by atoms with Crippen molar-refractivity contribution in [1.82, 2.24) is 20.6 Å². The molecule has 3 amide bonds. The van der Waals surface area contributed by atoms with E-state index in [1.165, 1.54) is 13.1 Å². The van der Waals surface area contributed by atoms with E-state index in [1.807, 2.05) is 18.2 Å². The quantitative estimate of drug-likeness (QED) is 0.375. The van der Waals surface area contributed by atoms with Gasteiger partial charge in [-0.2, -0.15) is 0 Å². The summed E-state index contributed by atoms with van der Waals surface area (Å²) in [5, 5.41) is 14.8. The van der Waals surface area contributed by atoms with Crippen LogP contribution < -0.4 is 16.4 Å². The molecule has 0 fully saturated rings. The van der Waals surface area contributed by atoms with Crippen LogP contribution in [0, 0.1) is 0 Å². The number of rotatable bonds is 9.